The minimum atomic E-state index is -0.739. The van der Waals surface area contributed by atoms with E-state index in [4.69, 9.17) is 54.6 Å². The monoisotopic (exact) mass is 584 g/mol. The topological polar surface area (TPSA) is 169 Å². The van der Waals surface area contributed by atoms with Crippen molar-refractivity contribution in [2.45, 2.75) is 78.4 Å². The van der Waals surface area contributed by atoms with Crippen LogP contribution in [0.3, 0.4) is 0 Å². The van der Waals surface area contributed by atoms with Crippen LogP contribution >= 0.6 is 23.2 Å². The van der Waals surface area contributed by atoms with Crippen molar-refractivity contribution in [3.63, 3.8) is 0 Å². The maximum Gasteiger partial charge on any atom is 0.407 e. The quantitative estimate of drug-likeness (QED) is 0.302. The minimum Gasteiger partial charge on any atom is -0.480 e. The molecule has 3 amide bonds. The van der Waals surface area contributed by atoms with Crippen molar-refractivity contribution in [3.8, 4) is 11.5 Å². The summed E-state index contributed by atoms with van der Waals surface area (Å²) >= 11 is 11.8. The van der Waals surface area contributed by atoms with Gasteiger partial charge in [0.05, 0.1) is 0 Å². The maximum atomic E-state index is 11.7. The smallest absolute Gasteiger partial charge is 0.407 e. The highest BCUT2D eigenvalue weighted by Crippen LogP contribution is 2.25. The fourth-order valence-electron chi connectivity index (χ4n) is 3.10. The lowest BCUT2D eigenvalue weighted by Crippen LogP contribution is -2.34. The Morgan fingerprint density at radius 1 is 0.846 bits per heavy atom. The predicted molar refractivity (Wildman–Crippen MR) is 152 cm³/mol. The lowest BCUT2D eigenvalue weighted by atomic mass is 10.2. The molecule has 0 aliphatic rings. The number of nitrogens with two attached hydrogens (primary N) is 3. The second kappa shape index (κ2) is 16.0. The van der Waals surface area contributed by atoms with Gasteiger partial charge < -0.3 is 36.7 Å². The first-order chi connectivity index (χ1) is 18.2. The number of rotatable bonds is 11. The van der Waals surface area contributed by atoms with E-state index >= 15 is 0 Å². The number of carbonyl (C=O) groups excluding carboxylic acids is 3. The highest BCUT2D eigenvalue weighted by atomic mass is 35.5. The van der Waals surface area contributed by atoms with Crippen LogP contribution in [0.25, 0.3) is 0 Å². The van der Waals surface area contributed by atoms with Crippen molar-refractivity contribution < 1.29 is 28.6 Å². The first-order valence-corrected chi connectivity index (χ1v) is 13.1. The summed E-state index contributed by atoms with van der Waals surface area (Å²) in [6.07, 6.45) is -0.966. The molecule has 0 aliphatic heterocycles. The van der Waals surface area contributed by atoms with Gasteiger partial charge in [0.2, 0.25) is 0 Å². The van der Waals surface area contributed by atoms with Crippen LogP contribution in [0.15, 0.2) is 36.4 Å². The lowest BCUT2D eigenvalue weighted by molar-refractivity contribution is -0.125. The van der Waals surface area contributed by atoms with Gasteiger partial charge in [-0.1, -0.05) is 37.0 Å². The number of alkyl carbamates (subject to hydrolysis) is 1. The van der Waals surface area contributed by atoms with Gasteiger partial charge in [-0.15, -0.1) is 0 Å². The highest BCUT2D eigenvalue weighted by Gasteiger charge is 2.19. The fraction of sp³-hybridized carbons (Fsp3) is 0.444. The van der Waals surface area contributed by atoms with E-state index in [1.165, 1.54) is 0 Å². The van der Waals surface area contributed by atoms with Crippen molar-refractivity contribution in [1.29, 1.82) is 0 Å². The molecule has 216 valence electrons. The van der Waals surface area contributed by atoms with Crippen LogP contribution in [-0.2, 0) is 27.4 Å². The molecule has 0 aromatic heterocycles. The first-order valence-electron chi connectivity index (χ1n) is 12.4. The SMILES string of the molecule is CCC(Oc1ccc(Cl)cc1CN)C(N)=O.CCC(Oc1ccc(Cl)cc1CNC(=O)OC(C)(C)C)C(N)=O. The second-order valence-corrected chi connectivity index (χ2v) is 10.3. The van der Waals surface area contributed by atoms with Gasteiger partial charge in [-0.25, -0.2) is 4.79 Å². The van der Waals surface area contributed by atoms with E-state index in [0.29, 0.717) is 46.5 Å². The molecule has 10 nitrogen and oxygen atoms in total. The molecule has 7 N–H and O–H groups in total. The summed E-state index contributed by atoms with van der Waals surface area (Å²) in [4.78, 5) is 34.1. The number of carbonyl (C=O) groups is 3. The molecule has 2 unspecified atom stereocenters. The Labute approximate surface area is 239 Å². The van der Waals surface area contributed by atoms with Gasteiger partial charge in [0, 0.05) is 34.3 Å². The zero-order valence-corrected chi connectivity index (χ0v) is 24.4. The third-order valence-corrected chi connectivity index (χ3v) is 5.47. The van der Waals surface area contributed by atoms with Crippen LogP contribution in [-0.4, -0.2) is 35.7 Å². The Hall–Kier alpha value is -3.21. The molecule has 0 spiro atoms. The van der Waals surface area contributed by atoms with Crippen LogP contribution in [0, 0.1) is 0 Å². The molecular formula is C27H38Cl2N4O6. The van der Waals surface area contributed by atoms with E-state index in [0.717, 1.165) is 5.56 Å². The van der Waals surface area contributed by atoms with Crippen LogP contribution in [0.1, 0.15) is 58.6 Å². The number of hydrogen-bond acceptors (Lipinski definition) is 7. The highest BCUT2D eigenvalue weighted by molar-refractivity contribution is 6.31. The summed E-state index contributed by atoms with van der Waals surface area (Å²) in [7, 11) is 0. The molecule has 2 rings (SSSR count). The van der Waals surface area contributed by atoms with Gasteiger partial charge in [-0.05, 0) is 70.0 Å². The summed E-state index contributed by atoms with van der Waals surface area (Å²) in [6, 6.07) is 10.0. The fourth-order valence-corrected chi connectivity index (χ4v) is 3.49. The maximum absolute atomic E-state index is 11.7. The predicted octanol–water partition coefficient (Wildman–Crippen LogP) is 4.45. The molecule has 12 heteroatoms. The number of benzene rings is 2. The van der Waals surface area contributed by atoms with Gasteiger partial charge in [-0.2, -0.15) is 0 Å². The number of nitrogens with one attached hydrogen (secondary N) is 1. The molecule has 0 bridgehead atoms. The van der Waals surface area contributed by atoms with E-state index in [2.05, 4.69) is 5.32 Å². The van der Waals surface area contributed by atoms with Crippen LogP contribution in [0.2, 0.25) is 10.0 Å². The number of amides is 3. The van der Waals surface area contributed by atoms with E-state index < -0.39 is 35.7 Å². The van der Waals surface area contributed by atoms with Crippen molar-refractivity contribution in [2.24, 2.45) is 17.2 Å². The van der Waals surface area contributed by atoms with Gasteiger partial charge >= 0.3 is 6.09 Å². The normalized spacial score (nSPS) is 12.3. The number of primary amides is 2. The van der Waals surface area contributed by atoms with Gasteiger partial charge in [0.25, 0.3) is 11.8 Å². The minimum absolute atomic E-state index is 0.153. The van der Waals surface area contributed by atoms with Crippen LogP contribution < -0.4 is 32.0 Å². The largest absolute Gasteiger partial charge is 0.480 e. The molecule has 2 aromatic carbocycles. The lowest BCUT2D eigenvalue weighted by Gasteiger charge is -2.21. The Morgan fingerprint density at radius 3 is 1.67 bits per heavy atom. The van der Waals surface area contributed by atoms with Gasteiger partial charge in [0.15, 0.2) is 12.2 Å². The summed E-state index contributed by atoms with van der Waals surface area (Å²) in [5, 5.41) is 3.70. The van der Waals surface area contributed by atoms with E-state index in [1.54, 1.807) is 64.1 Å². The molecular weight excluding hydrogens is 547 g/mol. The van der Waals surface area contributed by atoms with Gasteiger partial charge in [-0.3, -0.25) is 9.59 Å². The van der Waals surface area contributed by atoms with E-state index in [-0.39, 0.29) is 6.54 Å². The standard InChI is InChI=1S/C16H23ClN2O4.C11H15ClN2O2/c1-5-12(14(18)20)22-13-7-6-11(17)8-10(13)9-19-15(21)23-16(2,3)4;1-2-9(11(14)15)16-10-4-3-8(12)5-7(10)6-13/h6-8,12H,5,9H2,1-4H3,(H2,18,20)(H,19,21);3-5,9H,2,6,13H2,1H3,(H2,14,15). The van der Waals surface area contributed by atoms with Crippen molar-refractivity contribution in [3.05, 3.63) is 57.6 Å². The Kier molecular flexibility index (Phi) is 13.9. The third kappa shape index (κ3) is 12.5. The summed E-state index contributed by atoms with van der Waals surface area (Å²) in [5.74, 6) is -0.0393. The number of halogens is 2. The average Bonchev–Trinajstić information content (AvgIpc) is 2.85. The van der Waals surface area contributed by atoms with E-state index in [9.17, 15) is 14.4 Å². The molecule has 0 aliphatic carbocycles. The summed E-state index contributed by atoms with van der Waals surface area (Å²) in [5.41, 5.74) is 16.8. The number of ether oxygens (including phenoxy) is 3. The molecule has 2 aromatic rings. The van der Waals surface area contributed by atoms with Crippen molar-refractivity contribution in [1.82, 2.24) is 5.32 Å². The molecule has 0 radical (unpaired) electrons. The molecule has 0 heterocycles. The number of hydrogen-bond donors (Lipinski definition) is 4. The summed E-state index contributed by atoms with van der Waals surface area (Å²) < 4.78 is 16.3. The third-order valence-electron chi connectivity index (χ3n) is 5.00. The Balaban J connectivity index is 0.000000416. The molecule has 0 fully saturated rings. The average molecular weight is 586 g/mol. The molecule has 2 atom stereocenters. The van der Waals surface area contributed by atoms with Gasteiger partial charge in [0.1, 0.15) is 17.1 Å². The summed E-state index contributed by atoms with van der Waals surface area (Å²) in [6.45, 7) is 9.40. The van der Waals surface area contributed by atoms with Crippen LogP contribution in [0.5, 0.6) is 11.5 Å². The zero-order chi connectivity index (χ0) is 29.8. The molecule has 0 saturated heterocycles. The first kappa shape index (κ1) is 33.8. The molecule has 39 heavy (non-hydrogen) atoms. The Morgan fingerprint density at radius 2 is 1.28 bits per heavy atom. The van der Waals surface area contributed by atoms with Crippen molar-refractivity contribution in [2.75, 3.05) is 0 Å². The van der Waals surface area contributed by atoms with Crippen molar-refractivity contribution >= 4 is 41.1 Å². The zero-order valence-electron chi connectivity index (χ0n) is 22.9. The molecule has 0 saturated carbocycles. The van der Waals surface area contributed by atoms with E-state index in [1.807, 2.05) is 6.92 Å². The van der Waals surface area contributed by atoms with Crippen LogP contribution in [0.4, 0.5) is 4.79 Å². The second-order valence-electron chi connectivity index (χ2n) is 9.40. The Bertz CT molecular complexity index is 1120.